The molecule has 4 atom stereocenters. The average Bonchev–Trinajstić information content (AvgIpc) is 2.83. The van der Waals surface area contributed by atoms with Gasteiger partial charge in [0.25, 0.3) is 0 Å². The minimum atomic E-state index is -1.57. The summed E-state index contributed by atoms with van der Waals surface area (Å²) >= 11 is 0. The molecule has 0 aliphatic carbocycles. The summed E-state index contributed by atoms with van der Waals surface area (Å²) in [6.07, 6.45) is -0.469. The number of aliphatic carboxylic acids is 1. The first-order chi connectivity index (χ1) is 18.3. The number of carbonyl (C=O) groups excluding carboxylic acids is 6. The highest BCUT2D eigenvalue weighted by molar-refractivity contribution is 8.76. The van der Waals surface area contributed by atoms with Gasteiger partial charge in [-0.25, -0.2) is 0 Å². The van der Waals surface area contributed by atoms with Gasteiger partial charge in [0.2, 0.25) is 35.4 Å². The molecule has 1 saturated heterocycles. The monoisotopic (exact) mass is 591 g/mol. The molecular formula is C20H33N9O8S2. The molecule has 218 valence electrons. The number of carbonyl (C=O) groups is 7. The molecule has 39 heavy (non-hydrogen) atoms. The summed E-state index contributed by atoms with van der Waals surface area (Å²) in [7, 11) is 2.13. The zero-order valence-electron chi connectivity index (χ0n) is 21.1. The van der Waals surface area contributed by atoms with E-state index in [4.69, 9.17) is 22.3 Å². The molecule has 0 radical (unpaired) electrons. The zero-order valence-corrected chi connectivity index (χ0v) is 22.7. The number of hydrogen-bond donors (Lipinski definition) is 9. The predicted octanol–water partition coefficient (Wildman–Crippen LogP) is -4.53. The third-order valence-corrected chi connectivity index (χ3v) is 7.36. The van der Waals surface area contributed by atoms with Crippen LogP contribution in [-0.4, -0.2) is 101 Å². The van der Waals surface area contributed by atoms with Crippen LogP contribution in [0.2, 0.25) is 0 Å². The van der Waals surface area contributed by atoms with Gasteiger partial charge < -0.3 is 48.9 Å². The maximum Gasteiger partial charge on any atom is 0.305 e. The summed E-state index contributed by atoms with van der Waals surface area (Å²) in [6, 6.07) is -5.03. The molecule has 17 nitrogen and oxygen atoms in total. The minimum absolute atomic E-state index is 0.0134. The number of carboxylic acids is 1. The van der Waals surface area contributed by atoms with Crippen molar-refractivity contribution < 1.29 is 38.7 Å². The SMILES string of the molecule is CC(=O)N[C@@H]1CSSC[C@H](C(N)=O)NC(=O)[C@@H](CC(=O)O)NC(=O)CNC(=O)[C@@H](CCCN=C(N)N)NC1=O. The third-order valence-electron chi connectivity index (χ3n) is 4.94. The van der Waals surface area contributed by atoms with E-state index in [9.17, 15) is 33.6 Å². The molecule has 19 heteroatoms. The van der Waals surface area contributed by atoms with E-state index in [-0.39, 0.29) is 36.9 Å². The number of nitrogens with zero attached hydrogens (tertiary/aromatic N) is 1. The van der Waals surface area contributed by atoms with Gasteiger partial charge in [0.1, 0.15) is 24.2 Å². The molecule has 1 rings (SSSR count). The zero-order chi connectivity index (χ0) is 29.5. The van der Waals surface area contributed by atoms with E-state index in [1.165, 1.54) is 6.92 Å². The molecule has 0 spiro atoms. The van der Waals surface area contributed by atoms with Crippen LogP contribution in [0.5, 0.6) is 0 Å². The Hall–Kier alpha value is -3.74. The fourth-order valence-corrected chi connectivity index (χ4v) is 5.43. The number of hydrogen-bond acceptors (Lipinski definition) is 10. The Morgan fingerprint density at radius 3 is 2.23 bits per heavy atom. The summed E-state index contributed by atoms with van der Waals surface area (Å²) in [5.41, 5.74) is 15.9. The lowest BCUT2D eigenvalue weighted by molar-refractivity contribution is -0.141. The van der Waals surface area contributed by atoms with Crippen LogP contribution < -0.4 is 43.8 Å². The Bertz CT molecular complexity index is 977. The van der Waals surface area contributed by atoms with Crippen LogP contribution in [0.15, 0.2) is 4.99 Å². The summed E-state index contributed by atoms with van der Waals surface area (Å²) < 4.78 is 0. The fourth-order valence-electron chi connectivity index (χ4n) is 3.09. The van der Waals surface area contributed by atoms with Crippen LogP contribution in [0.3, 0.4) is 0 Å². The molecule has 12 N–H and O–H groups in total. The van der Waals surface area contributed by atoms with Crippen molar-refractivity contribution >= 4 is 69.0 Å². The molecule has 6 amide bonds. The van der Waals surface area contributed by atoms with Gasteiger partial charge in [-0.2, -0.15) is 0 Å². The number of guanidine groups is 1. The van der Waals surface area contributed by atoms with Gasteiger partial charge in [-0.15, -0.1) is 0 Å². The number of carboxylic acid groups (broad SMARTS) is 1. The molecule has 1 fully saturated rings. The maximum atomic E-state index is 13.0. The Balaban J connectivity index is 3.21. The van der Waals surface area contributed by atoms with Crippen molar-refractivity contribution in [2.24, 2.45) is 22.2 Å². The summed E-state index contributed by atoms with van der Waals surface area (Å²) in [5.74, 6) is -6.37. The van der Waals surface area contributed by atoms with Gasteiger partial charge in [0.05, 0.1) is 13.0 Å². The first-order valence-electron chi connectivity index (χ1n) is 11.6. The largest absolute Gasteiger partial charge is 0.481 e. The fraction of sp³-hybridized carbons (Fsp3) is 0.600. The van der Waals surface area contributed by atoms with Gasteiger partial charge in [-0.1, -0.05) is 21.6 Å². The lowest BCUT2D eigenvalue weighted by Crippen LogP contribution is -2.56. The molecule has 0 saturated carbocycles. The van der Waals surface area contributed by atoms with E-state index in [0.717, 1.165) is 21.6 Å². The topological polar surface area (TPSA) is 290 Å². The van der Waals surface area contributed by atoms with Crippen LogP contribution in [0.1, 0.15) is 26.2 Å². The predicted molar refractivity (Wildman–Crippen MR) is 143 cm³/mol. The lowest BCUT2D eigenvalue weighted by Gasteiger charge is -2.22. The van der Waals surface area contributed by atoms with Crippen LogP contribution >= 0.6 is 21.6 Å². The lowest BCUT2D eigenvalue weighted by atomic mass is 10.1. The summed E-state index contributed by atoms with van der Waals surface area (Å²) in [5, 5.41) is 21.0. The second-order valence-corrected chi connectivity index (χ2v) is 10.8. The average molecular weight is 592 g/mol. The van der Waals surface area contributed by atoms with Gasteiger partial charge >= 0.3 is 5.97 Å². The molecule has 0 aromatic heterocycles. The molecule has 0 aromatic rings. The van der Waals surface area contributed by atoms with Gasteiger partial charge in [0, 0.05) is 25.0 Å². The van der Waals surface area contributed by atoms with E-state index in [1.54, 1.807) is 0 Å². The minimum Gasteiger partial charge on any atom is -0.481 e. The number of amides is 6. The highest BCUT2D eigenvalue weighted by Gasteiger charge is 2.30. The van der Waals surface area contributed by atoms with Gasteiger partial charge in [0.15, 0.2) is 5.96 Å². The third kappa shape index (κ3) is 13.6. The first kappa shape index (κ1) is 33.3. The highest BCUT2D eigenvalue weighted by Crippen LogP contribution is 2.23. The molecule has 0 aromatic carbocycles. The van der Waals surface area contributed by atoms with E-state index < -0.39 is 78.5 Å². The quantitative estimate of drug-likeness (QED) is 0.0558. The summed E-state index contributed by atoms with van der Waals surface area (Å²) in [6.45, 7) is 0.692. The maximum absolute atomic E-state index is 13.0. The molecule has 1 aliphatic heterocycles. The van der Waals surface area contributed by atoms with Crippen molar-refractivity contribution in [3.05, 3.63) is 0 Å². The van der Waals surface area contributed by atoms with Crippen molar-refractivity contribution in [2.75, 3.05) is 24.6 Å². The number of primary amides is 1. The molecule has 0 bridgehead atoms. The van der Waals surface area contributed by atoms with E-state index in [2.05, 4.69) is 31.6 Å². The van der Waals surface area contributed by atoms with Crippen LogP contribution in [0.25, 0.3) is 0 Å². The number of rotatable bonds is 8. The smallest absolute Gasteiger partial charge is 0.305 e. The number of nitrogens with two attached hydrogens (primary N) is 3. The molecular weight excluding hydrogens is 558 g/mol. The summed E-state index contributed by atoms with van der Waals surface area (Å²) in [4.78, 5) is 89.5. The molecule has 1 heterocycles. The van der Waals surface area contributed by atoms with Crippen molar-refractivity contribution in [1.29, 1.82) is 0 Å². The highest BCUT2D eigenvalue weighted by atomic mass is 33.1. The normalized spacial score (nSPS) is 23.6. The Kier molecular flexibility index (Phi) is 14.5. The van der Waals surface area contributed by atoms with E-state index in [1.807, 2.05) is 0 Å². The number of aliphatic imine (C=N–C) groups is 1. The van der Waals surface area contributed by atoms with E-state index >= 15 is 0 Å². The Morgan fingerprint density at radius 2 is 1.64 bits per heavy atom. The second kappa shape index (κ2) is 17.0. The van der Waals surface area contributed by atoms with Crippen molar-refractivity contribution in [3.8, 4) is 0 Å². The van der Waals surface area contributed by atoms with Crippen LogP contribution in [0.4, 0.5) is 0 Å². The Morgan fingerprint density at radius 1 is 0.974 bits per heavy atom. The van der Waals surface area contributed by atoms with Crippen molar-refractivity contribution in [3.63, 3.8) is 0 Å². The second-order valence-electron chi connectivity index (χ2n) is 8.23. The molecule has 1 aliphatic rings. The van der Waals surface area contributed by atoms with Crippen molar-refractivity contribution in [2.45, 2.75) is 50.4 Å². The standard InChI is InChI=1S/C20H33N9O8S2/c1-9(30)26-13-8-39-38-7-12(16(21)34)29-18(36)11(5-15(32)33)27-14(31)6-25-17(35)10(28-19(13)37)3-2-4-24-20(22)23/h10-13H,2-8H2,1H3,(H2,21,34)(H,25,35)(H,26,30)(H,27,31)(H,28,37)(H,29,36)(H,32,33)(H4,22,23,24)/t10-,11-,12-,13-/m1/s1. The number of nitrogens with one attached hydrogen (secondary N) is 5. The van der Waals surface area contributed by atoms with Crippen molar-refractivity contribution in [1.82, 2.24) is 26.6 Å². The van der Waals surface area contributed by atoms with Gasteiger partial charge in [-0.3, -0.25) is 38.6 Å². The van der Waals surface area contributed by atoms with Crippen LogP contribution in [0, 0.1) is 0 Å². The molecule has 0 unspecified atom stereocenters. The Labute approximate surface area is 231 Å². The first-order valence-corrected chi connectivity index (χ1v) is 14.0. The van der Waals surface area contributed by atoms with Gasteiger partial charge in [-0.05, 0) is 12.8 Å². The van der Waals surface area contributed by atoms with Crippen LogP contribution in [-0.2, 0) is 33.6 Å². The van der Waals surface area contributed by atoms with E-state index in [0.29, 0.717) is 0 Å².